The third-order valence-electron chi connectivity index (χ3n) is 7.28. The Morgan fingerprint density at radius 2 is 1.92 bits per heavy atom. The van der Waals surface area contributed by atoms with E-state index in [1.54, 1.807) is 35.2 Å². The van der Waals surface area contributed by atoms with Gasteiger partial charge in [0.15, 0.2) is 0 Å². The van der Waals surface area contributed by atoms with Crippen LogP contribution in [0.1, 0.15) is 54.3 Å². The van der Waals surface area contributed by atoms with Crippen molar-refractivity contribution in [3.8, 4) is 0 Å². The summed E-state index contributed by atoms with van der Waals surface area (Å²) in [4.78, 5) is 46.2. The lowest BCUT2D eigenvalue weighted by molar-refractivity contribution is -0.384. The minimum Gasteiger partial charge on any atom is -0.387 e. The molecule has 198 valence electrons. The minimum atomic E-state index is -0.470. The number of likely N-dealkylation sites (tertiary alicyclic amines) is 2. The van der Waals surface area contributed by atoms with Gasteiger partial charge in [0.1, 0.15) is 5.69 Å². The van der Waals surface area contributed by atoms with Gasteiger partial charge < -0.3 is 20.4 Å². The Morgan fingerprint density at radius 1 is 1.16 bits per heavy atom. The van der Waals surface area contributed by atoms with Crippen LogP contribution < -0.4 is 10.6 Å². The number of halogens is 1. The minimum absolute atomic E-state index is 0.161. The fourth-order valence-corrected chi connectivity index (χ4v) is 5.63. The molecular formula is C26H33BrN6O4. The van der Waals surface area contributed by atoms with Crippen molar-refractivity contribution in [3.63, 3.8) is 0 Å². The maximum atomic E-state index is 13.6. The molecule has 4 rings (SSSR count). The van der Waals surface area contributed by atoms with Crippen LogP contribution in [0.25, 0.3) is 0 Å². The number of nitro benzene ring substituents is 1. The number of carbonyl (C=O) groups excluding carboxylic acids is 2. The highest BCUT2D eigenvalue weighted by molar-refractivity contribution is 9.10. The van der Waals surface area contributed by atoms with E-state index in [4.69, 9.17) is 0 Å². The Hall–Kier alpha value is -3.21. The number of pyridine rings is 1. The predicted octanol–water partition coefficient (Wildman–Crippen LogP) is 4.63. The largest absolute Gasteiger partial charge is 0.387 e. The highest BCUT2D eigenvalue weighted by Crippen LogP contribution is 2.39. The summed E-state index contributed by atoms with van der Waals surface area (Å²) in [6.45, 7) is 8.16. The third kappa shape index (κ3) is 5.71. The van der Waals surface area contributed by atoms with E-state index >= 15 is 0 Å². The molecule has 0 spiro atoms. The second-order valence-electron chi connectivity index (χ2n) is 10.7. The fraction of sp³-hybridized carbons (Fsp3) is 0.500. The van der Waals surface area contributed by atoms with E-state index in [0.29, 0.717) is 42.1 Å². The summed E-state index contributed by atoms with van der Waals surface area (Å²) in [6.07, 6.45) is 5.14. The van der Waals surface area contributed by atoms with Crippen LogP contribution in [0.3, 0.4) is 0 Å². The lowest BCUT2D eigenvalue weighted by atomic mass is 9.87. The highest BCUT2D eigenvalue weighted by atomic mass is 79.9. The molecule has 2 aliphatic rings. The van der Waals surface area contributed by atoms with Crippen LogP contribution in [-0.2, 0) is 0 Å². The number of nitrogens with one attached hydrogen (secondary N) is 2. The number of piperidine rings is 1. The van der Waals surface area contributed by atoms with Crippen LogP contribution in [-0.4, -0.2) is 70.8 Å². The van der Waals surface area contributed by atoms with E-state index in [0.717, 1.165) is 18.5 Å². The normalized spacial score (nSPS) is 21.0. The van der Waals surface area contributed by atoms with Crippen LogP contribution in [0, 0.1) is 21.4 Å². The summed E-state index contributed by atoms with van der Waals surface area (Å²) in [6, 6.07) is 4.50. The Morgan fingerprint density at radius 3 is 2.59 bits per heavy atom. The quantitative estimate of drug-likeness (QED) is 0.382. The predicted molar refractivity (Wildman–Crippen MR) is 146 cm³/mol. The number of rotatable bonds is 6. The molecule has 1 aromatic heterocycles. The summed E-state index contributed by atoms with van der Waals surface area (Å²) in [7, 11) is 1.76. The Kier molecular flexibility index (Phi) is 7.72. The van der Waals surface area contributed by atoms with Crippen LogP contribution in [0.2, 0.25) is 0 Å². The van der Waals surface area contributed by atoms with E-state index < -0.39 is 10.3 Å². The molecule has 37 heavy (non-hydrogen) atoms. The number of nitrogens with zero attached hydrogens (tertiary/aromatic N) is 4. The first-order valence-electron chi connectivity index (χ1n) is 12.5. The van der Waals surface area contributed by atoms with Crippen molar-refractivity contribution >= 4 is 44.8 Å². The number of nitro groups is 1. The van der Waals surface area contributed by atoms with Crippen molar-refractivity contribution in [1.82, 2.24) is 14.8 Å². The van der Waals surface area contributed by atoms with Crippen molar-refractivity contribution in [2.75, 3.05) is 43.9 Å². The zero-order valence-corrected chi connectivity index (χ0v) is 23.2. The molecule has 10 nitrogen and oxygen atoms in total. The van der Waals surface area contributed by atoms with Gasteiger partial charge in [-0.1, -0.05) is 36.7 Å². The molecule has 11 heteroatoms. The zero-order chi connectivity index (χ0) is 26.9. The molecule has 0 saturated carbocycles. The molecule has 3 heterocycles. The average molecular weight is 573 g/mol. The SMILES string of the molecule is CNc1cncc(C(=O)N2CC(Nc3c(C(=O)N4CCC[C@H](C)C4)cc(Br)cc3[N+](=O)[O-])C(C)(C)C2)c1. The van der Waals surface area contributed by atoms with E-state index in [9.17, 15) is 19.7 Å². The molecule has 2 amide bonds. The zero-order valence-electron chi connectivity index (χ0n) is 21.6. The van der Waals surface area contributed by atoms with Crippen LogP contribution in [0.5, 0.6) is 0 Å². The maximum Gasteiger partial charge on any atom is 0.294 e. The van der Waals surface area contributed by atoms with E-state index in [2.05, 4.69) is 38.5 Å². The van der Waals surface area contributed by atoms with Crippen LogP contribution in [0.4, 0.5) is 17.1 Å². The summed E-state index contributed by atoms with van der Waals surface area (Å²) in [5, 5.41) is 18.4. The third-order valence-corrected chi connectivity index (χ3v) is 7.74. The molecule has 0 bridgehead atoms. The average Bonchev–Trinajstić information content (AvgIpc) is 3.17. The van der Waals surface area contributed by atoms with E-state index in [-0.39, 0.29) is 34.8 Å². The van der Waals surface area contributed by atoms with Gasteiger partial charge in [-0.3, -0.25) is 24.7 Å². The molecule has 2 aromatic rings. The lowest BCUT2D eigenvalue weighted by Crippen LogP contribution is -2.40. The van der Waals surface area contributed by atoms with Gasteiger partial charge in [-0.25, -0.2) is 0 Å². The Labute approximate surface area is 225 Å². The van der Waals surface area contributed by atoms with Gasteiger partial charge in [0.2, 0.25) is 0 Å². The second kappa shape index (κ2) is 10.6. The first kappa shape index (κ1) is 26.8. The van der Waals surface area contributed by atoms with E-state index in [1.165, 1.54) is 12.3 Å². The topological polar surface area (TPSA) is 121 Å². The molecule has 2 atom stereocenters. The van der Waals surface area contributed by atoms with Crippen molar-refractivity contribution in [1.29, 1.82) is 0 Å². The lowest BCUT2D eigenvalue weighted by Gasteiger charge is -2.32. The standard InChI is InChI=1S/C26H33BrN6O4/c1-16-6-5-7-31(13-16)25(35)20-9-18(27)10-21(33(36)37)23(20)30-22-14-32(15-26(22,2)3)24(34)17-8-19(28-4)12-29-11-17/h8-12,16,22,28,30H,5-7,13-15H2,1-4H3/t16-,22?/m0/s1. The highest BCUT2D eigenvalue weighted by Gasteiger charge is 2.43. The first-order chi connectivity index (χ1) is 17.5. The van der Waals surface area contributed by atoms with Gasteiger partial charge in [-0.05, 0) is 30.9 Å². The number of carbonyl (C=O) groups is 2. The van der Waals surface area contributed by atoms with Crippen molar-refractivity contribution < 1.29 is 14.5 Å². The molecule has 0 aliphatic carbocycles. The Balaban J connectivity index is 1.65. The molecule has 1 aromatic carbocycles. The summed E-state index contributed by atoms with van der Waals surface area (Å²) < 4.78 is 0.470. The number of hydrogen-bond acceptors (Lipinski definition) is 7. The number of anilines is 2. The first-order valence-corrected chi connectivity index (χ1v) is 13.2. The molecule has 1 unspecified atom stereocenters. The molecule has 2 N–H and O–H groups in total. The molecule has 2 fully saturated rings. The number of benzene rings is 1. The summed E-state index contributed by atoms with van der Waals surface area (Å²) in [5.41, 5.74) is 1.08. The van der Waals surface area contributed by atoms with Crippen LogP contribution >= 0.6 is 15.9 Å². The van der Waals surface area contributed by atoms with Gasteiger partial charge in [0, 0.05) is 61.6 Å². The van der Waals surface area contributed by atoms with Gasteiger partial charge in [-0.15, -0.1) is 0 Å². The number of amides is 2. The fourth-order valence-electron chi connectivity index (χ4n) is 5.18. The van der Waals surface area contributed by atoms with Gasteiger partial charge in [-0.2, -0.15) is 0 Å². The Bertz CT molecular complexity index is 1220. The van der Waals surface area contributed by atoms with Crippen molar-refractivity contribution in [3.05, 3.63) is 56.3 Å². The van der Waals surface area contributed by atoms with Gasteiger partial charge >= 0.3 is 0 Å². The van der Waals surface area contributed by atoms with Crippen molar-refractivity contribution in [2.24, 2.45) is 11.3 Å². The van der Waals surface area contributed by atoms with Crippen LogP contribution in [0.15, 0.2) is 35.1 Å². The molecular weight excluding hydrogens is 540 g/mol. The monoisotopic (exact) mass is 572 g/mol. The summed E-state index contributed by atoms with van der Waals surface area (Å²) in [5.74, 6) is -0.0106. The molecule has 0 radical (unpaired) electrons. The van der Waals surface area contributed by atoms with Gasteiger partial charge in [0.25, 0.3) is 17.5 Å². The number of hydrogen-bond donors (Lipinski definition) is 2. The van der Waals surface area contributed by atoms with Gasteiger partial charge in [0.05, 0.1) is 27.8 Å². The van der Waals surface area contributed by atoms with Crippen molar-refractivity contribution in [2.45, 2.75) is 39.7 Å². The smallest absolute Gasteiger partial charge is 0.294 e. The molecule has 2 saturated heterocycles. The molecule has 2 aliphatic heterocycles. The van der Waals surface area contributed by atoms with E-state index in [1.807, 2.05) is 13.8 Å². The second-order valence-corrected chi connectivity index (χ2v) is 11.6. The number of aromatic nitrogens is 1. The maximum absolute atomic E-state index is 13.6. The summed E-state index contributed by atoms with van der Waals surface area (Å²) >= 11 is 3.35.